The van der Waals surface area contributed by atoms with Crippen LogP contribution in [0, 0.1) is 11.3 Å². The lowest BCUT2D eigenvalue weighted by atomic mass is 10.2. The minimum absolute atomic E-state index is 0.352. The van der Waals surface area contributed by atoms with Crippen molar-refractivity contribution in [3.63, 3.8) is 0 Å². The number of hydrogen-bond acceptors (Lipinski definition) is 5. The number of nitrogens with one attached hydrogen (secondary N) is 1. The summed E-state index contributed by atoms with van der Waals surface area (Å²) < 4.78 is 0. The highest BCUT2D eigenvalue weighted by molar-refractivity contribution is 7.98. The number of rotatable bonds is 7. The maximum Gasteiger partial charge on any atom is 0.158 e. The van der Waals surface area contributed by atoms with Crippen LogP contribution in [0.1, 0.15) is 25.0 Å². The molecule has 1 aromatic heterocycles. The van der Waals surface area contributed by atoms with Crippen LogP contribution < -0.4 is 5.32 Å². The quantitative estimate of drug-likeness (QED) is 0.736. The van der Waals surface area contributed by atoms with Gasteiger partial charge in [-0.05, 0) is 24.9 Å². The van der Waals surface area contributed by atoms with E-state index in [0.717, 1.165) is 18.8 Å². The highest BCUT2D eigenvalue weighted by atomic mass is 32.2. The molecule has 0 aliphatic rings. The van der Waals surface area contributed by atoms with E-state index in [-0.39, 0.29) is 0 Å². The Balaban J connectivity index is 2.15. The Labute approximate surface area is 100 Å². The van der Waals surface area contributed by atoms with Gasteiger partial charge in [-0.2, -0.15) is 17.0 Å². The molecule has 4 nitrogen and oxygen atoms in total. The molecule has 0 aliphatic heterocycles. The molecule has 1 N–H and O–H groups in total. The Morgan fingerprint density at radius 3 is 2.81 bits per heavy atom. The first-order valence-electron chi connectivity index (χ1n) is 5.32. The lowest BCUT2D eigenvalue weighted by molar-refractivity contribution is 0.748. The van der Waals surface area contributed by atoms with E-state index in [2.05, 4.69) is 21.5 Å². The van der Waals surface area contributed by atoms with Crippen molar-refractivity contribution in [2.75, 3.05) is 23.9 Å². The third-order valence-electron chi connectivity index (χ3n) is 2.10. The molecule has 0 atom stereocenters. The van der Waals surface area contributed by atoms with E-state index < -0.39 is 0 Å². The molecule has 0 saturated carbocycles. The number of thioether (sulfide) groups is 1. The van der Waals surface area contributed by atoms with Gasteiger partial charge in [0.15, 0.2) is 5.69 Å². The molecule has 0 radical (unpaired) electrons. The Morgan fingerprint density at radius 2 is 2.19 bits per heavy atom. The second-order valence-corrected chi connectivity index (χ2v) is 4.36. The van der Waals surface area contributed by atoms with Gasteiger partial charge >= 0.3 is 0 Å². The number of hydrogen-bond donors (Lipinski definition) is 1. The summed E-state index contributed by atoms with van der Waals surface area (Å²) in [4.78, 5) is 8.02. The van der Waals surface area contributed by atoms with Gasteiger partial charge in [0.2, 0.25) is 0 Å². The molecule has 0 saturated heterocycles. The SMILES string of the molecule is CSCCCCCNc1cnc(C#N)cn1. The number of unbranched alkanes of at least 4 members (excludes halogenated alkanes) is 2. The highest BCUT2D eigenvalue weighted by Gasteiger charge is 1.95. The van der Waals surface area contributed by atoms with Crippen molar-refractivity contribution in [3.8, 4) is 6.07 Å². The summed E-state index contributed by atoms with van der Waals surface area (Å²) in [5.41, 5.74) is 0.352. The monoisotopic (exact) mass is 236 g/mol. The molecule has 0 bridgehead atoms. The average molecular weight is 236 g/mol. The molecule has 16 heavy (non-hydrogen) atoms. The van der Waals surface area contributed by atoms with Crippen LogP contribution in [0.4, 0.5) is 5.82 Å². The van der Waals surface area contributed by atoms with Crippen LogP contribution in [0.5, 0.6) is 0 Å². The van der Waals surface area contributed by atoms with Gasteiger partial charge in [0.05, 0.1) is 12.4 Å². The molecular formula is C11H16N4S. The lowest BCUT2D eigenvalue weighted by Crippen LogP contribution is -2.04. The van der Waals surface area contributed by atoms with Crippen molar-refractivity contribution in [1.82, 2.24) is 9.97 Å². The molecule has 0 aliphatic carbocycles. The average Bonchev–Trinajstić information content (AvgIpc) is 2.34. The second kappa shape index (κ2) is 7.94. The fourth-order valence-electron chi connectivity index (χ4n) is 1.24. The summed E-state index contributed by atoms with van der Waals surface area (Å²) in [6, 6.07) is 1.94. The largest absolute Gasteiger partial charge is 0.369 e. The number of nitrogens with zero attached hydrogens (tertiary/aromatic N) is 3. The number of aromatic nitrogens is 2. The third-order valence-corrected chi connectivity index (χ3v) is 2.79. The fraction of sp³-hybridized carbons (Fsp3) is 0.545. The van der Waals surface area contributed by atoms with Crippen LogP contribution in [0.3, 0.4) is 0 Å². The molecule has 0 spiro atoms. The van der Waals surface area contributed by atoms with E-state index >= 15 is 0 Å². The first-order valence-corrected chi connectivity index (χ1v) is 6.71. The van der Waals surface area contributed by atoms with Crippen LogP contribution in [0.2, 0.25) is 0 Å². The van der Waals surface area contributed by atoms with Gasteiger partial charge in [0.25, 0.3) is 0 Å². The van der Waals surface area contributed by atoms with Crippen molar-refractivity contribution in [3.05, 3.63) is 18.1 Å². The molecule has 0 amide bonds. The highest BCUT2D eigenvalue weighted by Crippen LogP contribution is 2.04. The van der Waals surface area contributed by atoms with Crippen LogP contribution in [-0.4, -0.2) is 28.5 Å². The predicted octanol–water partition coefficient (Wildman–Crippen LogP) is 2.29. The molecule has 1 aromatic rings. The molecular weight excluding hydrogens is 220 g/mol. The third kappa shape index (κ3) is 4.99. The predicted molar refractivity (Wildman–Crippen MR) is 67.5 cm³/mol. The zero-order chi connectivity index (χ0) is 11.6. The van der Waals surface area contributed by atoms with Crippen LogP contribution in [0.25, 0.3) is 0 Å². The van der Waals surface area contributed by atoms with Crippen LogP contribution >= 0.6 is 11.8 Å². The van der Waals surface area contributed by atoms with E-state index in [0.29, 0.717) is 5.69 Å². The molecule has 1 heterocycles. The fourth-order valence-corrected chi connectivity index (χ4v) is 1.73. The Hall–Kier alpha value is -1.28. The van der Waals surface area contributed by atoms with Gasteiger partial charge < -0.3 is 5.32 Å². The molecule has 0 fully saturated rings. The van der Waals surface area contributed by atoms with E-state index in [1.165, 1.54) is 24.8 Å². The van der Waals surface area contributed by atoms with E-state index in [1.807, 2.05) is 17.8 Å². The first kappa shape index (κ1) is 12.8. The normalized spacial score (nSPS) is 9.75. The van der Waals surface area contributed by atoms with Crippen molar-refractivity contribution < 1.29 is 0 Å². The maximum absolute atomic E-state index is 8.55. The second-order valence-electron chi connectivity index (χ2n) is 3.38. The number of anilines is 1. The van der Waals surface area contributed by atoms with Crippen molar-refractivity contribution in [1.29, 1.82) is 5.26 Å². The molecule has 0 unspecified atom stereocenters. The summed E-state index contributed by atoms with van der Waals surface area (Å²) in [6.07, 6.45) is 8.85. The van der Waals surface area contributed by atoms with Gasteiger partial charge in [-0.25, -0.2) is 9.97 Å². The van der Waals surface area contributed by atoms with E-state index in [1.54, 1.807) is 6.20 Å². The van der Waals surface area contributed by atoms with Crippen molar-refractivity contribution in [2.45, 2.75) is 19.3 Å². The van der Waals surface area contributed by atoms with Gasteiger partial charge in [-0.1, -0.05) is 6.42 Å². The molecule has 5 heteroatoms. The molecule has 86 valence electrons. The van der Waals surface area contributed by atoms with Gasteiger partial charge in [0, 0.05) is 6.54 Å². The van der Waals surface area contributed by atoms with Gasteiger partial charge in [-0.3, -0.25) is 0 Å². The van der Waals surface area contributed by atoms with E-state index in [9.17, 15) is 0 Å². The van der Waals surface area contributed by atoms with Crippen LogP contribution in [-0.2, 0) is 0 Å². The van der Waals surface area contributed by atoms with Crippen molar-refractivity contribution >= 4 is 17.6 Å². The first-order chi connectivity index (χ1) is 7.86. The zero-order valence-electron chi connectivity index (χ0n) is 9.44. The molecule has 1 rings (SSSR count). The van der Waals surface area contributed by atoms with Crippen molar-refractivity contribution in [2.24, 2.45) is 0 Å². The smallest absolute Gasteiger partial charge is 0.158 e. The summed E-state index contributed by atoms with van der Waals surface area (Å²) in [5.74, 6) is 1.97. The topological polar surface area (TPSA) is 61.6 Å². The Kier molecular flexibility index (Phi) is 6.35. The van der Waals surface area contributed by atoms with Gasteiger partial charge in [0.1, 0.15) is 11.9 Å². The Bertz CT molecular complexity index is 331. The summed E-state index contributed by atoms with van der Waals surface area (Å²) in [6.45, 7) is 0.912. The number of nitriles is 1. The minimum Gasteiger partial charge on any atom is -0.369 e. The summed E-state index contributed by atoms with van der Waals surface area (Å²) in [5, 5.41) is 11.7. The maximum atomic E-state index is 8.55. The summed E-state index contributed by atoms with van der Waals surface area (Å²) in [7, 11) is 0. The summed E-state index contributed by atoms with van der Waals surface area (Å²) >= 11 is 1.89. The van der Waals surface area contributed by atoms with E-state index in [4.69, 9.17) is 5.26 Å². The Morgan fingerprint density at radius 1 is 1.31 bits per heavy atom. The molecule has 0 aromatic carbocycles. The van der Waals surface area contributed by atoms with Gasteiger partial charge in [-0.15, -0.1) is 0 Å². The zero-order valence-corrected chi connectivity index (χ0v) is 10.3. The standard InChI is InChI=1S/C11H16N4S/c1-16-6-4-2-3-5-13-11-9-14-10(7-12)8-15-11/h8-9H,2-6H2,1H3,(H,13,15). The minimum atomic E-state index is 0.352. The van der Waals surface area contributed by atoms with Crippen LogP contribution in [0.15, 0.2) is 12.4 Å². The lowest BCUT2D eigenvalue weighted by Gasteiger charge is -2.04.